The molecule has 0 spiro atoms. The van der Waals surface area contributed by atoms with Crippen molar-refractivity contribution in [3.63, 3.8) is 0 Å². The Kier molecular flexibility index (Phi) is 9.42. The Balaban J connectivity index is 4.42. The fourth-order valence-electron chi connectivity index (χ4n) is 1.45. The molecule has 0 fully saturated rings. The standard InChI is InChI=1S/C13H24O6/c1-9(11(16)5-3-7-14)10(2)13(18)19-12(17)6-4-8-15/h11-12,14-17H,3-8H2,1-2H3. The number of hydrogen-bond acceptors (Lipinski definition) is 6. The van der Waals surface area contributed by atoms with Crippen LogP contribution in [0.15, 0.2) is 11.1 Å². The van der Waals surface area contributed by atoms with Crippen molar-refractivity contribution in [3.05, 3.63) is 11.1 Å². The molecule has 4 N–H and O–H groups in total. The maximum atomic E-state index is 11.7. The molecule has 0 heterocycles. The van der Waals surface area contributed by atoms with Gasteiger partial charge in [-0.15, -0.1) is 0 Å². The van der Waals surface area contributed by atoms with Crippen molar-refractivity contribution in [1.82, 2.24) is 0 Å². The minimum Gasteiger partial charge on any atom is -0.433 e. The number of esters is 1. The predicted octanol–water partition coefficient (Wildman–Crippen LogP) is 0.0903. The van der Waals surface area contributed by atoms with Gasteiger partial charge in [-0.25, -0.2) is 4.79 Å². The van der Waals surface area contributed by atoms with Crippen molar-refractivity contribution in [1.29, 1.82) is 0 Å². The molecule has 0 saturated heterocycles. The minimum absolute atomic E-state index is 0.0201. The summed E-state index contributed by atoms with van der Waals surface area (Å²) in [4.78, 5) is 11.7. The first-order valence-corrected chi connectivity index (χ1v) is 6.40. The Morgan fingerprint density at radius 2 is 1.58 bits per heavy atom. The summed E-state index contributed by atoms with van der Waals surface area (Å²) in [6, 6.07) is 0. The summed E-state index contributed by atoms with van der Waals surface area (Å²) < 4.78 is 4.78. The first-order chi connectivity index (χ1) is 8.93. The SMILES string of the molecule is CC(C(=O)OC(O)CCCO)=C(C)C(O)CCCO. The molecule has 0 aromatic heterocycles. The molecule has 0 radical (unpaired) electrons. The lowest BCUT2D eigenvalue weighted by atomic mass is 10.0. The van der Waals surface area contributed by atoms with Gasteiger partial charge in [0.2, 0.25) is 6.29 Å². The molecule has 0 aliphatic heterocycles. The quantitative estimate of drug-likeness (QED) is 0.270. The van der Waals surface area contributed by atoms with Crippen molar-refractivity contribution < 1.29 is 30.0 Å². The first kappa shape index (κ1) is 18.0. The van der Waals surface area contributed by atoms with E-state index in [1.165, 1.54) is 6.92 Å². The summed E-state index contributed by atoms with van der Waals surface area (Å²) >= 11 is 0. The zero-order chi connectivity index (χ0) is 14.8. The van der Waals surface area contributed by atoms with Gasteiger partial charge in [0.25, 0.3) is 0 Å². The smallest absolute Gasteiger partial charge is 0.336 e. The summed E-state index contributed by atoms with van der Waals surface area (Å²) in [5.41, 5.74) is 0.710. The van der Waals surface area contributed by atoms with Gasteiger partial charge in [0.05, 0.1) is 6.10 Å². The van der Waals surface area contributed by atoms with Gasteiger partial charge in [-0.1, -0.05) is 0 Å². The zero-order valence-electron chi connectivity index (χ0n) is 11.5. The molecule has 19 heavy (non-hydrogen) atoms. The van der Waals surface area contributed by atoms with E-state index in [0.717, 1.165) is 0 Å². The topological polar surface area (TPSA) is 107 Å². The Hall–Kier alpha value is -0.950. The van der Waals surface area contributed by atoms with E-state index in [0.29, 0.717) is 24.8 Å². The second-order valence-electron chi connectivity index (χ2n) is 4.42. The van der Waals surface area contributed by atoms with Crippen LogP contribution >= 0.6 is 0 Å². The van der Waals surface area contributed by atoms with Crippen LogP contribution < -0.4 is 0 Å². The monoisotopic (exact) mass is 276 g/mol. The van der Waals surface area contributed by atoms with E-state index in [-0.39, 0.29) is 25.2 Å². The highest BCUT2D eigenvalue weighted by atomic mass is 16.6. The van der Waals surface area contributed by atoms with Gasteiger partial charge < -0.3 is 25.2 Å². The highest BCUT2D eigenvalue weighted by molar-refractivity contribution is 5.88. The van der Waals surface area contributed by atoms with Gasteiger partial charge in [-0.3, -0.25) is 0 Å². The van der Waals surface area contributed by atoms with Crippen LogP contribution in [0.2, 0.25) is 0 Å². The number of ether oxygens (including phenoxy) is 1. The molecule has 2 unspecified atom stereocenters. The highest BCUT2D eigenvalue weighted by Gasteiger charge is 2.17. The average molecular weight is 276 g/mol. The zero-order valence-corrected chi connectivity index (χ0v) is 11.5. The molecule has 112 valence electrons. The fraction of sp³-hybridized carbons (Fsp3) is 0.769. The number of carbonyl (C=O) groups is 1. The lowest BCUT2D eigenvalue weighted by molar-refractivity contribution is -0.164. The van der Waals surface area contributed by atoms with E-state index < -0.39 is 18.4 Å². The number of carbonyl (C=O) groups excluding carboxylic acids is 1. The van der Waals surface area contributed by atoms with Crippen LogP contribution in [0.1, 0.15) is 39.5 Å². The minimum atomic E-state index is -1.25. The molecule has 0 aliphatic rings. The van der Waals surface area contributed by atoms with Crippen molar-refractivity contribution in [2.24, 2.45) is 0 Å². The van der Waals surface area contributed by atoms with E-state index in [4.69, 9.17) is 14.9 Å². The molecule has 0 aromatic carbocycles. The summed E-state index contributed by atoms with van der Waals surface area (Å²) in [7, 11) is 0. The number of hydrogen-bond donors (Lipinski definition) is 4. The van der Waals surface area contributed by atoms with Gasteiger partial charge >= 0.3 is 5.97 Å². The summed E-state index contributed by atoms with van der Waals surface area (Å²) in [5.74, 6) is -0.689. The van der Waals surface area contributed by atoms with Crippen LogP contribution in [0.3, 0.4) is 0 Å². The van der Waals surface area contributed by atoms with Crippen molar-refractivity contribution in [2.45, 2.75) is 51.9 Å². The normalized spacial score (nSPS) is 15.7. The highest BCUT2D eigenvalue weighted by Crippen LogP contribution is 2.15. The molecule has 0 rings (SSSR count). The molecular formula is C13H24O6. The summed E-state index contributed by atoms with van der Waals surface area (Å²) in [5, 5.41) is 36.4. The third-order valence-electron chi connectivity index (χ3n) is 2.89. The van der Waals surface area contributed by atoms with Crippen molar-refractivity contribution >= 4 is 5.97 Å². The Labute approximate surface area is 113 Å². The maximum absolute atomic E-state index is 11.7. The van der Waals surface area contributed by atoms with Crippen LogP contribution in [0.5, 0.6) is 0 Å². The largest absolute Gasteiger partial charge is 0.433 e. The maximum Gasteiger partial charge on any atom is 0.336 e. The van der Waals surface area contributed by atoms with E-state index in [1.54, 1.807) is 6.92 Å². The van der Waals surface area contributed by atoms with Crippen LogP contribution in [0.4, 0.5) is 0 Å². The van der Waals surface area contributed by atoms with E-state index in [1.807, 2.05) is 0 Å². The van der Waals surface area contributed by atoms with Gasteiger partial charge in [0.15, 0.2) is 0 Å². The molecule has 0 saturated carbocycles. The third-order valence-corrected chi connectivity index (χ3v) is 2.89. The summed E-state index contributed by atoms with van der Waals surface area (Å²) in [6.07, 6.45) is -0.747. The molecule has 0 aromatic rings. The van der Waals surface area contributed by atoms with Gasteiger partial charge in [0, 0.05) is 25.2 Å². The van der Waals surface area contributed by atoms with Crippen LogP contribution in [-0.4, -0.2) is 52.0 Å². The second kappa shape index (κ2) is 9.91. The van der Waals surface area contributed by atoms with Crippen molar-refractivity contribution in [3.8, 4) is 0 Å². The second-order valence-corrected chi connectivity index (χ2v) is 4.42. The van der Waals surface area contributed by atoms with Crippen LogP contribution in [-0.2, 0) is 9.53 Å². The Morgan fingerprint density at radius 3 is 2.11 bits per heavy atom. The lowest BCUT2D eigenvalue weighted by Crippen LogP contribution is -2.21. The van der Waals surface area contributed by atoms with Gasteiger partial charge in [-0.2, -0.15) is 0 Å². The number of aliphatic hydroxyl groups excluding tert-OH is 4. The molecule has 0 bridgehead atoms. The fourth-order valence-corrected chi connectivity index (χ4v) is 1.45. The molecule has 6 heteroatoms. The number of rotatable bonds is 9. The van der Waals surface area contributed by atoms with Crippen molar-refractivity contribution in [2.75, 3.05) is 13.2 Å². The molecule has 0 aliphatic carbocycles. The first-order valence-electron chi connectivity index (χ1n) is 6.40. The lowest BCUT2D eigenvalue weighted by Gasteiger charge is -2.16. The van der Waals surface area contributed by atoms with E-state index >= 15 is 0 Å². The summed E-state index contributed by atoms with van der Waals surface area (Å²) in [6.45, 7) is 3.02. The van der Waals surface area contributed by atoms with E-state index in [9.17, 15) is 15.0 Å². The average Bonchev–Trinajstić information content (AvgIpc) is 2.40. The van der Waals surface area contributed by atoms with Gasteiger partial charge in [-0.05, 0) is 38.7 Å². The molecular weight excluding hydrogens is 252 g/mol. The Morgan fingerprint density at radius 1 is 1.05 bits per heavy atom. The molecule has 6 nitrogen and oxygen atoms in total. The molecule has 0 amide bonds. The third kappa shape index (κ3) is 7.27. The van der Waals surface area contributed by atoms with Gasteiger partial charge in [0.1, 0.15) is 0 Å². The predicted molar refractivity (Wildman–Crippen MR) is 69.1 cm³/mol. The Bertz CT molecular complexity index is 300. The number of aliphatic hydroxyl groups is 4. The molecule has 2 atom stereocenters. The van der Waals surface area contributed by atoms with E-state index in [2.05, 4.69) is 0 Å². The van der Waals surface area contributed by atoms with Crippen LogP contribution in [0, 0.1) is 0 Å². The van der Waals surface area contributed by atoms with Crippen LogP contribution in [0.25, 0.3) is 0 Å².